The smallest absolute Gasteiger partial charge is 0.319 e. The topological polar surface area (TPSA) is 83.1 Å². The fourth-order valence-electron chi connectivity index (χ4n) is 6.28. The summed E-state index contributed by atoms with van der Waals surface area (Å²) in [6.07, 6.45) is 7.60. The van der Waals surface area contributed by atoms with Crippen LogP contribution in [0.4, 0.5) is 10.5 Å². The Labute approximate surface area is 170 Å². The molecule has 0 saturated heterocycles. The number of rotatable bonds is 4. The van der Waals surface area contributed by atoms with E-state index < -0.39 is 0 Å². The van der Waals surface area contributed by atoms with E-state index in [-0.39, 0.29) is 23.0 Å². The first kappa shape index (κ1) is 18.2. The van der Waals surface area contributed by atoms with E-state index in [0.717, 1.165) is 37.8 Å². The standard InChI is InChI=1S/C23H26N4O2/c28-20(19-8-4-5-9-24-19)26-22-11-16-10-17(12-22)14-23(13-16,15-22)27-21(29)25-18-6-2-1-3-7-18/h1-9,16-17H,10-15H2,(H,26,28)(H2,25,27,29). The van der Waals surface area contributed by atoms with Crippen LogP contribution in [0.1, 0.15) is 49.0 Å². The number of para-hydroxylation sites is 1. The summed E-state index contributed by atoms with van der Waals surface area (Å²) in [5.41, 5.74) is 0.735. The van der Waals surface area contributed by atoms with Gasteiger partial charge in [0.15, 0.2) is 0 Å². The number of nitrogens with one attached hydrogen (secondary N) is 3. The van der Waals surface area contributed by atoms with E-state index >= 15 is 0 Å². The Kier molecular flexibility index (Phi) is 4.30. The molecule has 150 valence electrons. The highest BCUT2D eigenvalue weighted by Gasteiger charge is 2.58. The molecule has 1 aromatic heterocycles. The molecule has 6 heteroatoms. The first-order chi connectivity index (χ1) is 14.0. The van der Waals surface area contributed by atoms with Crippen LogP contribution in [0.5, 0.6) is 0 Å². The summed E-state index contributed by atoms with van der Waals surface area (Å²) in [6.45, 7) is 0. The number of carbonyl (C=O) groups is 2. The lowest BCUT2D eigenvalue weighted by atomic mass is 9.50. The second kappa shape index (κ2) is 6.87. The number of amides is 3. The molecule has 0 spiro atoms. The summed E-state index contributed by atoms with van der Waals surface area (Å²) in [7, 11) is 0. The van der Waals surface area contributed by atoms with Crippen LogP contribution in [0.15, 0.2) is 54.7 Å². The fourth-order valence-corrected chi connectivity index (χ4v) is 6.28. The molecule has 1 heterocycles. The maximum atomic E-state index is 12.8. The van der Waals surface area contributed by atoms with Crippen molar-refractivity contribution in [3.05, 3.63) is 60.4 Å². The van der Waals surface area contributed by atoms with Crippen LogP contribution in [-0.2, 0) is 0 Å². The van der Waals surface area contributed by atoms with Crippen molar-refractivity contribution in [2.75, 3.05) is 5.32 Å². The summed E-state index contributed by atoms with van der Waals surface area (Å²) < 4.78 is 0. The van der Waals surface area contributed by atoms with Gasteiger partial charge in [0, 0.05) is 23.0 Å². The predicted octanol–water partition coefficient (Wildman–Crippen LogP) is 3.72. The van der Waals surface area contributed by atoms with E-state index in [4.69, 9.17) is 0 Å². The molecule has 0 radical (unpaired) electrons. The van der Waals surface area contributed by atoms with E-state index in [2.05, 4.69) is 20.9 Å². The van der Waals surface area contributed by atoms with Gasteiger partial charge in [0.2, 0.25) is 0 Å². The third-order valence-corrected chi connectivity index (χ3v) is 6.75. The highest BCUT2D eigenvalue weighted by molar-refractivity contribution is 5.93. The van der Waals surface area contributed by atoms with Gasteiger partial charge < -0.3 is 16.0 Å². The van der Waals surface area contributed by atoms with E-state index in [1.807, 2.05) is 42.5 Å². The second-order valence-corrected chi connectivity index (χ2v) is 9.14. The van der Waals surface area contributed by atoms with E-state index in [1.54, 1.807) is 12.3 Å². The normalized spacial score (nSPS) is 31.9. The van der Waals surface area contributed by atoms with Crippen molar-refractivity contribution in [2.24, 2.45) is 11.8 Å². The van der Waals surface area contributed by atoms with Crippen LogP contribution in [0.25, 0.3) is 0 Å². The molecule has 4 fully saturated rings. The Morgan fingerprint density at radius 3 is 2.17 bits per heavy atom. The zero-order valence-corrected chi connectivity index (χ0v) is 16.4. The molecule has 3 N–H and O–H groups in total. The molecule has 4 saturated carbocycles. The van der Waals surface area contributed by atoms with E-state index in [9.17, 15) is 9.59 Å². The zero-order valence-electron chi connectivity index (χ0n) is 16.4. The molecule has 6 nitrogen and oxygen atoms in total. The van der Waals surface area contributed by atoms with Gasteiger partial charge in [-0.2, -0.15) is 0 Å². The summed E-state index contributed by atoms with van der Waals surface area (Å²) in [4.78, 5) is 29.7. The third-order valence-electron chi connectivity index (χ3n) is 6.75. The van der Waals surface area contributed by atoms with Crippen molar-refractivity contribution < 1.29 is 9.59 Å². The minimum Gasteiger partial charge on any atom is -0.345 e. The van der Waals surface area contributed by atoms with Crippen LogP contribution in [0.2, 0.25) is 0 Å². The summed E-state index contributed by atoms with van der Waals surface area (Å²) in [5, 5.41) is 9.56. The third kappa shape index (κ3) is 3.59. The molecular weight excluding hydrogens is 364 g/mol. The van der Waals surface area contributed by atoms with Crippen molar-refractivity contribution in [3.8, 4) is 0 Å². The lowest BCUT2D eigenvalue weighted by molar-refractivity contribution is -0.0425. The Hall–Kier alpha value is -2.89. The van der Waals surface area contributed by atoms with Crippen LogP contribution >= 0.6 is 0 Å². The number of hydrogen-bond acceptors (Lipinski definition) is 3. The number of benzene rings is 1. The Morgan fingerprint density at radius 2 is 1.52 bits per heavy atom. The number of anilines is 1. The van der Waals surface area contributed by atoms with Crippen molar-refractivity contribution in [1.82, 2.24) is 15.6 Å². The molecule has 1 aromatic carbocycles. The van der Waals surface area contributed by atoms with Crippen molar-refractivity contribution in [1.29, 1.82) is 0 Å². The summed E-state index contributed by atoms with van der Waals surface area (Å²) in [5.74, 6) is 0.964. The van der Waals surface area contributed by atoms with Gasteiger partial charge in [-0.05, 0) is 74.6 Å². The van der Waals surface area contributed by atoms with Crippen LogP contribution in [-0.4, -0.2) is 28.0 Å². The molecule has 4 aliphatic rings. The average molecular weight is 390 g/mol. The highest BCUT2D eigenvalue weighted by atomic mass is 16.2. The first-order valence-electron chi connectivity index (χ1n) is 10.4. The van der Waals surface area contributed by atoms with Gasteiger partial charge in [-0.3, -0.25) is 9.78 Å². The lowest BCUT2D eigenvalue weighted by Crippen LogP contribution is -2.70. The van der Waals surface area contributed by atoms with Gasteiger partial charge in [0.1, 0.15) is 5.69 Å². The molecule has 4 bridgehead atoms. The van der Waals surface area contributed by atoms with Crippen LogP contribution < -0.4 is 16.0 Å². The number of nitrogens with zero attached hydrogens (tertiary/aromatic N) is 1. The monoisotopic (exact) mass is 390 g/mol. The first-order valence-corrected chi connectivity index (χ1v) is 10.4. The lowest BCUT2D eigenvalue weighted by Gasteiger charge is -2.62. The maximum absolute atomic E-state index is 12.8. The highest BCUT2D eigenvalue weighted by Crippen LogP contribution is 2.57. The molecule has 6 rings (SSSR count). The van der Waals surface area contributed by atoms with Gasteiger partial charge in [-0.15, -0.1) is 0 Å². The largest absolute Gasteiger partial charge is 0.345 e. The minimum atomic E-state index is -0.251. The number of urea groups is 1. The van der Waals surface area contributed by atoms with E-state index in [0.29, 0.717) is 17.5 Å². The molecule has 0 aliphatic heterocycles. The Morgan fingerprint density at radius 1 is 0.862 bits per heavy atom. The SMILES string of the molecule is O=C(Nc1ccccc1)NC12CC3CC(C1)CC(NC(=O)c1ccccn1)(C3)C2. The molecule has 2 aromatic rings. The summed E-state index contributed by atoms with van der Waals surface area (Å²) >= 11 is 0. The Balaban J connectivity index is 1.33. The minimum absolute atomic E-state index is 0.114. The van der Waals surface area contributed by atoms with Gasteiger partial charge in [0.25, 0.3) is 5.91 Å². The Bertz CT molecular complexity index is 901. The number of carbonyl (C=O) groups excluding carboxylic acids is 2. The molecule has 2 unspecified atom stereocenters. The zero-order chi connectivity index (χ0) is 19.9. The molecule has 4 aliphatic carbocycles. The number of hydrogen-bond donors (Lipinski definition) is 3. The fraction of sp³-hybridized carbons (Fsp3) is 0.435. The molecule has 29 heavy (non-hydrogen) atoms. The molecule has 3 amide bonds. The quantitative estimate of drug-likeness (QED) is 0.744. The number of pyridine rings is 1. The van der Waals surface area contributed by atoms with Gasteiger partial charge >= 0.3 is 6.03 Å². The van der Waals surface area contributed by atoms with Gasteiger partial charge in [-0.25, -0.2) is 4.79 Å². The number of aromatic nitrogens is 1. The van der Waals surface area contributed by atoms with Crippen LogP contribution in [0, 0.1) is 11.8 Å². The van der Waals surface area contributed by atoms with Crippen LogP contribution in [0.3, 0.4) is 0 Å². The maximum Gasteiger partial charge on any atom is 0.319 e. The van der Waals surface area contributed by atoms with Crippen molar-refractivity contribution >= 4 is 17.6 Å². The predicted molar refractivity (Wildman–Crippen MR) is 110 cm³/mol. The summed E-state index contributed by atoms with van der Waals surface area (Å²) in [6, 6.07) is 14.7. The molecular formula is C23H26N4O2. The average Bonchev–Trinajstić information content (AvgIpc) is 2.67. The van der Waals surface area contributed by atoms with Crippen molar-refractivity contribution in [2.45, 2.75) is 49.6 Å². The second-order valence-electron chi connectivity index (χ2n) is 9.14. The molecule has 2 atom stereocenters. The van der Waals surface area contributed by atoms with Gasteiger partial charge in [0.05, 0.1) is 0 Å². The van der Waals surface area contributed by atoms with E-state index in [1.165, 1.54) is 6.42 Å². The van der Waals surface area contributed by atoms with Gasteiger partial charge in [-0.1, -0.05) is 24.3 Å². The van der Waals surface area contributed by atoms with Crippen molar-refractivity contribution in [3.63, 3.8) is 0 Å².